The predicted octanol–water partition coefficient (Wildman–Crippen LogP) is 0.0812. The minimum Gasteiger partial charge on any atom is -0.379 e. The first-order chi connectivity index (χ1) is 11.9. The highest BCUT2D eigenvalue weighted by molar-refractivity contribution is 4.37. The van der Waals surface area contributed by atoms with Gasteiger partial charge in [-0.1, -0.05) is 0 Å². The maximum atomic E-state index is 5.38. The van der Waals surface area contributed by atoms with Crippen molar-refractivity contribution in [1.82, 2.24) is 0 Å². The predicted molar refractivity (Wildman–Crippen MR) is 90.5 cm³/mol. The smallest absolute Gasteiger partial charge is 0.0701 e. The number of rotatable bonds is 21. The maximum absolute atomic E-state index is 5.38. The summed E-state index contributed by atoms with van der Waals surface area (Å²) in [5.74, 6) is 0. The fourth-order valence-electron chi connectivity index (χ4n) is 1.55. The third-order valence-corrected chi connectivity index (χ3v) is 2.70. The Kier molecular flexibility index (Phi) is 22.4. The second kappa shape index (κ2) is 22.7. The monoisotopic (exact) mass is 353 g/mol. The Morgan fingerprint density at radius 2 is 0.667 bits per heavy atom. The molecule has 8 heteroatoms. The number of ether oxygens (including phenoxy) is 7. The molecule has 0 radical (unpaired) electrons. The van der Waals surface area contributed by atoms with Crippen LogP contribution in [-0.4, -0.2) is 99.0 Å². The van der Waals surface area contributed by atoms with Gasteiger partial charge in [0.15, 0.2) is 0 Å². The molecular formula is C16H35NO7. The van der Waals surface area contributed by atoms with E-state index in [1.807, 2.05) is 6.92 Å². The second-order valence-electron chi connectivity index (χ2n) is 4.66. The molecular weight excluding hydrogens is 318 g/mol. The molecule has 0 bridgehead atoms. The van der Waals surface area contributed by atoms with Gasteiger partial charge in [0, 0.05) is 13.2 Å². The molecule has 0 saturated heterocycles. The van der Waals surface area contributed by atoms with E-state index in [-0.39, 0.29) is 0 Å². The zero-order valence-electron chi connectivity index (χ0n) is 15.0. The topological polar surface area (TPSA) is 90.6 Å². The van der Waals surface area contributed by atoms with Gasteiger partial charge >= 0.3 is 0 Å². The summed E-state index contributed by atoms with van der Waals surface area (Å²) in [6, 6.07) is 0. The Hall–Kier alpha value is -0.320. The van der Waals surface area contributed by atoms with Gasteiger partial charge in [-0.2, -0.15) is 0 Å². The molecule has 0 aromatic rings. The van der Waals surface area contributed by atoms with Crippen LogP contribution in [-0.2, 0) is 33.2 Å². The van der Waals surface area contributed by atoms with Gasteiger partial charge in [0.05, 0.1) is 85.9 Å². The Balaban J connectivity index is 2.93. The molecule has 146 valence electrons. The first-order valence-electron chi connectivity index (χ1n) is 8.66. The second-order valence-corrected chi connectivity index (χ2v) is 4.66. The Morgan fingerprint density at radius 3 is 0.917 bits per heavy atom. The molecule has 0 aliphatic carbocycles. The molecule has 8 nitrogen and oxygen atoms in total. The summed E-state index contributed by atoms with van der Waals surface area (Å²) < 4.78 is 37.1. The van der Waals surface area contributed by atoms with Crippen LogP contribution in [0.25, 0.3) is 0 Å². The van der Waals surface area contributed by atoms with Crippen molar-refractivity contribution in [2.75, 3.05) is 99.0 Å². The number of hydrogen-bond donors (Lipinski definition) is 1. The standard InChI is InChI=1S/C16H35NO7/c1-2-18-5-6-20-9-10-22-13-14-24-16-15-23-12-11-21-8-7-19-4-3-17/h2-17H2,1H3. The van der Waals surface area contributed by atoms with Gasteiger partial charge in [-0.3, -0.25) is 0 Å². The Morgan fingerprint density at radius 1 is 0.417 bits per heavy atom. The van der Waals surface area contributed by atoms with E-state index in [2.05, 4.69) is 0 Å². The van der Waals surface area contributed by atoms with Crippen LogP contribution < -0.4 is 5.73 Å². The van der Waals surface area contributed by atoms with Crippen LogP contribution in [0.5, 0.6) is 0 Å². The highest BCUT2D eigenvalue weighted by Gasteiger charge is 1.94. The first kappa shape index (κ1) is 23.7. The summed E-state index contributed by atoms with van der Waals surface area (Å²) in [4.78, 5) is 0. The van der Waals surface area contributed by atoms with Crippen molar-refractivity contribution in [2.24, 2.45) is 5.73 Å². The van der Waals surface area contributed by atoms with Crippen molar-refractivity contribution in [1.29, 1.82) is 0 Å². The Bertz CT molecular complexity index is 201. The molecule has 0 rings (SSSR count). The summed E-state index contributed by atoms with van der Waals surface area (Å²) in [6.07, 6.45) is 0. The molecule has 0 atom stereocenters. The van der Waals surface area contributed by atoms with Crippen molar-refractivity contribution in [3.8, 4) is 0 Å². The SMILES string of the molecule is CCOCCOCCOCCOCCOCCOCCOCCN. The third-order valence-electron chi connectivity index (χ3n) is 2.70. The van der Waals surface area contributed by atoms with E-state index < -0.39 is 0 Å². The van der Waals surface area contributed by atoms with Gasteiger partial charge in [-0.25, -0.2) is 0 Å². The van der Waals surface area contributed by atoms with Gasteiger partial charge in [0.2, 0.25) is 0 Å². The lowest BCUT2D eigenvalue weighted by Crippen LogP contribution is -2.15. The van der Waals surface area contributed by atoms with Gasteiger partial charge in [-0.15, -0.1) is 0 Å². The highest BCUT2D eigenvalue weighted by atomic mass is 16.6. The largest absolute Gasteiger partial charge is 0.379 e. The van der Waals surface area contributed by atoms with Crippen LogP contribution in [0.4, 0.5) is 0 Å². The minimum absolute atomic E-state index is 0.538. The zero-order chi connectivity index (χ0) is 17.6. The Labute approximate surface area is 145 Å². The van der Waals surface area contributed by atoms with Crippen molar-refractivity contribution in [3.63, 3.8) is 0 Å². The quantitative estimate of drug-likeness (QED) is 0.290. The van der Waals surface area contributed by atoms with E-state index in [4.69, 9.17) is 38.9 Å². The van der Waals surface area contributed by atoms with Crippen LogP contribution in [0.15, 0.2) is 0 Å². The van der Waals surface area contributed by atoms with E-state index >= 15 is 0 Å². The first-order valence-corrected chi connectivity index (χ1v) is 8.66. The lowest BCUT2D eigenvalue weighted by Gasteiger charge is -2.08. The average Bonchev–Trinajstić information content (AvgIpc) is 2.60. The zero-order valence-corrected chi connectivity index (χ0v) is 15.0. The van der Waals surface area contributed by atoms with Crippen molar-refractivity contribution >= 4 is 0 Å². The van der Waals surface area contributed by atoms with E-state index in [1.54, 1.807) is 0 Å². The summed E-state index contributed by atoms with van der Waals surface area (Å²) in [6.45, 7) is 10.6. The number of hydrogen-bond acceptors (Lipinski definition) is 8. The van der Waals surface area contributed by atoms with Crippen LogP contribution in [0.3, 0.4) is 0 Å². The summed E-state index contributed by atoms with van der Waals surface area (Å²) in [5, 5.41) is 0. The lowest BCUT2D eigenvalue weighted by atomic mass is 10.6. The molecule has 0 aliphatic rings. The van der Waals surface area contributed by atoms with Crippen molar-refractivity contribution < 1.29 is 33.2 Å². The van der Waals surface area contributed by atoms with Gasteiger partial charge in [0.1, 0.15) is 0 Å². The van der Waals surface area contributed by atoms with Crippen LogP contribution in [0, 0.1) is 0 Å². The van der Waals surface area contributed by atoms with Gasteiger partial charge < -0.3 is 38.9 Å². The maximum Gasteiger partial charge on any atom is 0.0701 e. The van der Waals surface area contributed by atoms with E-state index in [0.29, 0.717) is 92.4 Å². The van der Waals surface area contributed by atoms with E-state index in [0.717, 1.165) is 6.61 Å². The molecule has 0 heterocycles. The summed E-state index contributed by atoms with van der Waals surface area (Å²) in [7, 11) is 0. The van der Waals surface area contributed by atoms with Gasteiger partial charge in [-0.05, 0) is 6.92 Å². The van der Waals surface area contributed by atoms with Crippen LogP contribution in [0.1, 0.15) is 6.92 Å². The molecule has 0 unspecified atom stereocenters. The molecule has 0 saturated carbocycles. The molecule has 0 aliphatic heterocycles. The lowest BCUT2D eigenvalue weighted by molar-refractivity contribution is -0.0199. The highest BCUT2D eigenvalue weighted by Crippen LogP contribution is 1.84. The third kappa shape index (κ3) is 21.7. The minimum atomic E-state index is 0.538. The summed E-state index contributed by atoms with van der Waals surface area (Å²) in [5.41, 5.74) is 5.29. The van der Waals surface area contributed by atoms with Crippen molar-refractivity contribution in [2.45, 2.75) is 6.92 Å². The molecule has 0 aromatic heterocycles. The molecule has 0 fully saturated rings. The molecule has 0 spiro atoms. The number of nitrogens with two attached hydrogens (primary N) is 1. The fourth-order valence-corrected chi connectivity index (χ4v) is 1.55. The molecule has 0 aromatic carbocycles. The van der Waals surface area contributed by atoms with Crippen molar-refractivity contribution in [3.05, 3.63) is 0 Å². The van der Waals surface area contributed by atoms with Crippen LogP contribution in [0.2, 0.25) is 0 Å². The summed E-state index contributed by atoms with van der Waals surface area (Å²) >= 11 is 0. The average molecular weight is 353 g/mol. The molecule has 24 heavy (non-hydrogen) atoms. The van der Waals surface area contributed by atoms with E-state index in [1.165, 1.54) is 0 Å². The molecule has 0 amide bonds. The normalized spacial score (nSPS) is 11.2. The fraction of sp³-hybridized carbons (Fsp3) is 1.00. The van der Waals surface area contributed by atoms with Gasteiger partial charge in [0.25, 0.3) is 0 Å². The van der Waals surface area contributed by atoms with Crippen LogP contribution >= 0.6 is 0 Å². The van der Waals surface area contributed by atoms with E-state index in [9.17, 15) is 0 Å². The molecule has 2 N–H and O–H groups in total.